The average Bonchev–Trinajstić information content (AvgIpc) is 2.64. The van der Waals surface area contributed by atoms with E-state index in [1.807, 2.05) is 24.6 Å². The minimum atomic E-state index is -0.101. The van der Waals surface area contributed by atoms with Crippen molar-refractivity contribution in [3.05, 3.63) is 45.7 Å². The molecule has 0 aliphatic carbocycles. The highest BCUT2D eigenvalue weighted by molar-refractivity contribution is 6.35. The zero-order valence-corrected chi connectivity index (χ0v) is 12.8. The number of amides is 1. The number of rotatable bonds is 4. The van der Waals surface area contributed by atoms with Crippen LogP contribution in [-0.2, 0) is 11.3 Å². The Morgan fingerprint density at radius 1 is 1.20 bits per heavy atom. The smallest absolute Gasteiger partial charge is 0.226 e. The third-order valence-electron chi connectivity index (χ3n) is 2.80. The van der Waals surface area contributed by atoms with Crippen LogP contribution in [0, 0.1) is 13.8 Å². The highest BCUT2D eigenvalue weighted by Crippen LogP contribution is 2.22. The monoisotopic (exact) mass is 311 g/mol. The first-order valence-corrected chi connectivity index (χ1v) is 6.96. The lowest BCUT2D eigenvalue weighted by Gasteiger charge is -2.07. The first-order chi connectivity index (χ1) is 9.44. The highest BCUT2D eigenvalue weighted by Gasteiger charge is 2.07. The summed E-state index contributed by atoms with van der Waals surface area (Å²) in [6.07, 6.45) is 0.339. The summed E-state index contributed by atoms with van der Waals surface area (Å²) in [6, 6.07) is 6.92. The van der Waals surface area contributed by atoms with Gasteiger partial charge in [0.25, 0.3) is 0 Å². The predicted molar refractivity (Wildman–Crippen MR) is 81.4 cm³/mol. The lowest BCUT2D eigenvalue weighted by Crippen LogP contribution is -2.15. The number of aryl methyl sites for hydroxylation is 3. The van der Waals surface area contributed by atoms with Gasteiger partial charge in [0, 0.05) is 34.4 Å². The van der Waals surface area contributed by atoms with E-state index in [9.17, 15) is 4.79 Å². The van der Waals surface area contributed by atoms with E-state index in [1.165, 1.54) is 0 Å². The normalized spacial score (nSPS) is 10.6. The van der Waals surface area contributed by atoms with Crippen LogP contribution in [0.5, 0.6) is 0 Å². The topological polar surface area (TPSA) is 46.9 Å². The molecule has 1 aromatic heterocycles. The number of halogens is 2. The fraction of sp³-hybridized carbons (Fsp3) is 0.286. The summed E-state index contributed by atoms with van der Waals surface area (Å²) < 4.78 is 1.82. The van der Waals surface area contributed by atoms with Gasteiger partial charge < -0.3 is 5.32 Å². The fourth-order valence-corrected chi connectivity index (χ4v) is 2.48. The zero-order valence-electron chi connectivity index (χ0n) is 11.3. The summed E-state index contributed by atoms with van der Waals surface area (Å²) in [5.74, 6) is -0.101. The summed E-state index contributed by atoms with van der Waals surface area (Å²) in [7, 11) is 0. The molecular weight excluding hydrogens is 297 g/mol. The molecule has 1 N–H and O–H groups in total. The van der Waals surface area contributed by atoms with Crippen LogP contribution in [0.1, 0.15) is 17.8 Å². The first-order valence-electron chi connectivity index (χ1n) is 6.21. The molecular formula is C14H15Cl2N3O. The fourth-order valence-electron chi connectivity index (χ4n) is 1.96. The van der Waals surface area contributed by atoms with Crippen molar-refractivity contribution in [1.82, 2.24) is 9.78 Å². The van der Waals surface area contributed by atoms with Crippen molar-refractivity contribution in [3.8, 4) is 0 Å². The number of anilines is 1. The molecule has 2 rings (SSSR count). The van der Waals surface area contributed by atoms with Gasteiger partial charge in [0.15, 0.2) is 0 Å². The number of carbonyl (C=O) groups excluding carboxylic acids is 1. The van der Waals surface area contributed by atoms with Gasteiger partial charge in [0.05, 0.1) is 5.69 Å². The molecule has 6 heteroatoms. The van der Waals surface area contributed by atoms with E-state index in [2.05, 4.69) is 10.4 Å². The standard InChI is InChI=1S/C14H15Cl2N3O/c1-9-5-10(2)19(18-9)4-3-14(20)17-13-7-11(15)6-12(16)8-13/h5-8H,3-4H2,1-2H3,(H,17,20). The number of nitrogens with zero attached hydrogens (tertiary/aromatic N) is 2. The van der Waals surface area contributed by atoms with Gasteiger partial charge in [-0.3, -0.25) is 9.48 Å². The molecule has 0 spiro atoms. The van der Waals surface area contributed by atoms with Gasteiger partial charge in [-0.2, -0.15) is 5.10 Å². The van der Waals surface area contributed by atoms with Gasteiger partial charge >= 0.3 is 0 Å². The van der Waals surface area contributed by atoms with Crippen LogP contribution in [0.3, 0.4) is 0 Å². The summed E-state index contributed by atoms with van der Waals surface area (Å²) in [5.41, 5.74) is 2.59. The lowest BCUT2D eigenvalue weighted by atomic mass is 10.3. The van der Waals surface area contributed by atoms with E-state index in [1.54, 1.807) is 18.2 Å². The number of benzene rings is 1. The van der Waals surface area contributed by atoms with E-state index >= 15 is 0 Å². The molecule has 0 unspecified atom stereocenters. The van der Waals surface area contributed by atoms with Crippen LogP contribution in [0.4, 0.5) is 5.69 Å². The van der Waals surface area contributed by atoms with E-state index in [-0.39, 0.29) is 5.91 Å². The lowest BCUT2D eigenvalue weighted by molar-refractivity contribution is -0.116. The minimum absolute atomic E-state index is 0.101. The van der Waals surface area contributed by atoms with Crippen molar-refractivity contribution in [2.24, 2.45) is 0 Å². The van der Waals surface area contributed by atoms with Crippen molar-refractivity contribution < 1.29 is 4.79 Å². The molecule has 1 amide bonds. The van der Waals surface area contributed by atoms with Gasteiger partial charge in [-0.25, -0.2) is 0 Å². The molecule has 0 fully saturated rings. The maximum absolute atomic E-state index is 11.9. The van der Waals surface area contributed by atoms with Gasteiger partial charge in [0.2, 0.25) is 5.91 Å². The van der Waals surface area contributed by atoms with Gasteiger partial charge in [0.1, 0.15) is 0 Å². The number of aromatic nitrogens is 2. The van der Waals surface area contributed by atoms with Crippen LogP contribution in [0.15, 0.2) is 24.3 Å². The van der Waals surface area contributed by atoms with Crippen molar-refractivity contribution in [3.63, 3.8) is 0 Å². The third kappa shape index (κ3) is 3.99. The molecule has 0 aliphatic rings. The maximum atomic E-state index is 11.9. The average molecular weight is 312 g/mol. The Hall–Kier alpha value is -1.52. The number of carbonyl (C=O) groups is 1. The Labute approximate surface area is 127 Å². The first kappa shape index (κ1) is 14.9. The summed E-state index contributed by atoms with van der Waals surface area (Å²) in [6.45, 7) is 4.44. The van der Waals surface area contributed by atoms with Crippen molar-refractivity contribution >= 4 is 34.8 Å². The van der Waals surface area contributed by atoms with Crippen LogP contribution >= 0.6 is 23.2 Å². The molecule has 0 bridgehead atoms. The SMILES string of the molecule is Cc1cc(C)n(CCC(=O)Nc2cc(Cl)cc(Cl)c2)n1. The highest BCUT2D eigenvalue weighted by atomic mass is 35.5. The third-order valence-corrected chi connectivity index (χ3v) is 3.24. The van der Waals surface area contributed by atoms with Crippen LogP contribution in [0.2, 0.25) is 10.0 Å². The van der Waals surface area contributed by atoms with Gasteiger partial charge in [-0.05, 0) is 38.1 Å². The predicted octanol–water partition coefficient (Wildman–Crippen LogP) is 3.84. The van der Waals surface area contributed by atoms with E-state index in [0.717, 1.165) is 11.4 Å². The second-order valence-electron chi connectivity index (χ2n) is 4.61. The summed E-state index contributed by atoms with van der Waals surface area (Å²) in [4.78, 5) is 11.9. The number of hydrogen-bond acceptors (Lipinski definition) is 2. The van der Waals surface area contributed by atoms with Crippen LogP contribution in [0.25, 0.3) is 0 Å². The van der Waals surface area contributed by atoms with Crippen molar-refractivity contribution in [1.29, 1.82) is 0 Å². The van der Waals surface area contributed by atoms with Crippen LogP contribution < -0.4 is 5.32 Å². The summed E-state index contributed by atoms with van der Waals surface area (Å²) in [5, 5.41) is 8.07. The van der Waals surface area contributed by atoms with Gasteiger partial charge in [-0.15, -0.1) is 0 Å². The zero-order chi connectivity index (χ0) is 14.7. The van der Waals surface area contributed by atoms with E-state index in [4.69, 9.17) is 23.2 Å². The second-order valence-corrected chi connectivity index (χ2v) is 5.48. The van der Waals surface area contributed by atoms with Gasteiger partial charge in [-0.1, -0.05) is 23.2 Å². The van der Waals surface area contributed by atoms with E-state index < -0.39 is 0 Å². The molecule has 20 heavy (non-hydrogen) atoms. The Kier molecular flexibility index (Phi) is 4.68. The molecule has 1 aromatic carbocycles. The molecule has 0 aliphatic heterocycles. The number of nitrogens with one attached hydrogen (secondary N) is 1. The Morgan fingerprint density at radius 2 is 1.85 bits per heavy atom. The van der Waals surface area contributed by atoms with Crippen molar-refractivity contribution in [2.75, 3.05) is 5.32 Å². The largest absolute Gasteiger partial charge is 0.326 e. The molecule has 4 nitrogen and oxygen atoms in total. The molecule has 0 atom stereocenters. The molecule has 1 heterocycles. The Balaban J connectivity index is 1.94. The Morgan fingerprint density at radius 3 is 2.40 bits per heavy atom. The summed E-state index contributed by atoms with van der Waals surface area (Å²) >= 11 is 11.8. The quantitative estimate of drug-likeness (QED) is 0.932. The molecule has 0 radical (unpaired) electrons. The van der Waals surface area contributed by atoms with E-state index in [0.29, 0.717) is 28.7 Å². The minimum Gasteiger partial charge on any atom is -0.326 e. The molecule has 2 aromatic rings. The number of hydrogen-bond donors (Lipinski definition) is 1. The van der Waals surface area contributed by atoms with Crippen molar-refractivity contribution in [2.45, 2.75) is 26.8 Å². The van der Waals surface area contributed by atoms with Crippen LogP contribution in [-0.4, -0.2) is 15.7 Å². The Bertz CT molecular complexity index is 617. The molecule has 106 valence electrons. The second kappa shape index (κ2) is 6.29. The maximum Gasteiger partial charge on any atom is 0.226 e. The molecule has 0 saturated heterocycles. The molecule has 0 saturated carbocycles.